The molecule has 0 aliphatic carbocycles. The van der Waals surface area contributed by atoms with Crippen LogP contribution in [0.5, 0.6) is 0 Å². The van der Waals surface area contributed by atoms with Crippen molar-refractivity contribution in [3.05, 3.63) is 0 Å². The van der Waals surface area contributed by atoms with Crippen LogP contribution >= 0.6 is 0 Å². The third-order valence-electron chi connectivity index (χ3n) is 3.63. The average Bonchev–Trinajstić information content (AvgIpc) is 2.28. The molecule has 0 amide bonds. The molecular formula is C12H25N3. The number of piperidine rings is 1. The summed E-state index contributed by atoms with van der Waals surface area (Å²) in [5, 5.41) is 3.49. The number of rotatable bonds is 3. The number of nitrogens with one attached hydrogen (secondary N) is 1. The molecule has 0 aromatic rings. The van der Waals surface area contributed by atoms with Crippen molar-refractivity contribution >= 4 is 0 Å². The van der Waals surface area contributed by atoms with Gasteiger partial charge in [-0.1, -0.05) is 6.42 Å². The van der Waals surface area contributed by atoms with Gasteiger partial charge in [0.25, 0.3) is 0 Å². The van der Waals surface area contributed by atoms with E-state index in [4.69, 9.17) is 0 Å². The second-order valence-electron chi connectivity index (χ2n) is 5.06. The first-order valence-electron chi connectivity index (χ1n) is 6.53. The van der Waals surface area contributed by atoms with E-state index in [-0.39, 0.29) is 0 Å². The Morgan fingerprint density at radius 3 is 2.47 bits per heavy atom. The lowest BCUT2D eigenvalue weighted by molar-refractivity contribution is 0.157. The van der Waals surface area contributed by atoms with Gasteiger partial charge in [-0.05, 0) is 32.9 Å². The van der Waals surface area contributed by atoms with Gasteiger partial charge in [-0.3, -0.25) is 4.90 Å². The highest BCUT2D eigenvalue weighted by molar-refractivity contribution is 4.76. The van der Waals surface area contributed by atoms with Gasteiger partial charge >= 0.3 is 0 Å². The molecule has 15 heavy (non-hydrogen) atoms. The summed E-state index contributed by atoms with van der Waals surface area (Å²) in [7, 11) is 0. The molecule has 0 bridgehead atoms. The van der Waals surface area contributed by atoms with Crippen molar-refractivity contribution in [3.8, 4) is 0 Å². The van der Waals surface area contributed by atoms with Crippen molar-refractivity contribution in [1.82, 2.24) is 15.1 Å². The zero-order valence-corrected chi connectivity index (χ0v) is 10.0. The Morgan fingerprint density at radius 1 is 1.00 bits per heavy atom. The van der Waals surface area contributed by atoms with Crippen molar-refractivity contribution in [3.63, 3.8) is 0 Å². The van der Waals surface area contributed by atoms with E-state index in [1.807, 2.05) is 0 Å². The molecule has 2 aliphatic heterocycles. The van der Waals surface area contributed by atoms with Crippen LogP contribution in [0.1, 0.15) is 26.2 Å². The van der Waals surface area contributed by atoms with E-state index in [1.165, 1.54) is 65.1 Å². The summed E-state index contributed by atoms with van der Waals surface area (Å²) in [5.74, 6) is 0. The molecule has 2 fully saturated rings. The van der Waals surface area contributed by atoms with Gasteiger partial charge in [-0.15, -0.1) is 0 Å². The lowest BCUT2D eigenvalue weighted by Gasteiger charge is -2.34. The highest BCUT2D eigenvalue weighted by Crippen LogP contribution is 2.08. The topological polar surface area (TPSA) is 18.5 Å². The molecule has 0 aromatic heterocycles. The van der Waals surface area contributed by atoms with Crippen LogP contribution in [0.2, 0.25) is 0 Å². The number of hydrogen-bond acceptors (Lipinski definition) is 3. The molecule has 0 saturated carbocycles. The van der Waals surface area contributed by atoms with E-state index in [2.05, 4.69) is 22.0 Å². The highest BCUT2D eigenvalue weighted by atomic mass is 15.2. The minimum absolute atomic E-state index is 0.681. The largest absolute Gasteiger partial charge is 0.312 e. The predicted octanol–water partition coefficient (Wildman–Crippen LogP) is 0.766. The molecule has 2 aliphatic rings. The number of nitrogens with zero attached hydrogens (tertiary/aromatic N) is 2. The molecule has 0 aromatic carbocycles. The molecule has 0 radical (unpaired) electrons. The fourth-order valence-corrected chi connectivity index (χ4v) is 2.68. The maximum absolute atomic E-state index is 3.49. The summed E-state index contributed by atoms with van der Waals surface area (Å²) in [6.45, 7) is 11.1. The Bertz CT molecular complexity index is 178. The SMILES string of the molecule is CC1CN(CCN2CCCCC2)CCN1. The molecule has 1 N–H and O–H groups in total. The van der Waals surface area contributed by atoms with Crippen LogP contribution in [0.25, 0.3) is 0 Å². The quantitative estimate of drug-likeness (QED) is 0.744. The lowest BCUT2D eigenvalue weighted by atomic mass is 10.1. The van der Waals surface area contributed by atoms with E-state index in [1.54, 1.807) is 0 Å². The molecule has 3 heteroatoms. The molecule has 88 valence electrons. The Kier molecular flexibility index (Phi) is 4.42. The maximum atomic E-state index is 3.49. The van der Waals surface area contributed by atoms with Gasteiger partial charge in [0.05, 0.1) is 0 Å². The van der Waals surface area contributed by atoms with E-state index in [9.17, 15) is 0 Å². The summed E-state index contributed by atoms with van der Waals surface area (Å²) in [4.78, 5) is 5.24. The standard InChI is InChI=1S/C12H25N3/c1-12-11-15(8-5-13-12)10-9-14-6-3-2-4-7-14/h12-13H,2-11H2,1H3. The van der Waals surface area contributed by atoms with Crippen LogP contribution in [0.3, 0.4) is 0 Å². The van der Waals surface area contributed by atoms with Crippen LogP contribution in [0, 0.1) is 0 Å². The normalized spacial score (nSPS) is 30.6. The van der Waals surface area contributed by atoms with E-state index >= 15 is 0 Å². The minimum atomic E-state index is 0.681. The van der Waals surface area contributed by atoms with Crippen LogP contribution in [-0.4, -0.2) is 61.7 Å². The second kappa shape index (κ2) is 5.83. The molecule has 2 saturated heterocycles. The number of hydrogen-bond donors (Lipinski definition) is 1. The Hall–Kier alpha value is -0.120. The summed E-state index contributed by atoms with van der Waals surface area (Å²) in [6.07, 6.45) is 4.27. The van der Waals surface area contributed by atoms with Gasteiger partial charge in [0.1, 0.15) is 0 Å². The second-order valence-corrected chi connectivity index (χ2v) is 5.06. The highest BCUT2D eigenvalue weighted by Gasteiger charge is 2.16. The van der Waals surface area contributed by atoms with Crippen molar-refractivity contribution in [1.29, 1.82) is 0 Å². The van der Waals surface area contributed by atoms with Gasteiger partial charge in [-0.25, -0.2) is 0 Å². The van der Waals surface area contributed by atoms with Gasteiger partial charge in [-0.2, -0.15) is 0 Å². The van der Waals surface area contributed by atoms with Crippen molar-refractivity contribution < 1.29 is 0 Å². The van der Waals surface area contributed by atoms with E-state index < -0.39 is 0 Å². The van der Waals surface area contributed by atoms with Crippen molar-refractivity contribution in [2.24, 2.45) is 0 Å². The Balaban J connectivity index is 1.63. The van der Waals surface area contributed by atoms with Crippen LogP contribution < -0.4 is 5.32 Å². The summed E-state index contributed by atoms with van der Waals surface area (Å²) in [6, 6.07) is 0.681. The third-order valence-corrected chi connectivity index (χ3v) is 3.63. The van der Waals surface area contributed by atoms with Crippen LogP contribution in [-0.2, 0) is 0 Å². The zero-order valence-electron chi connectivity index (χ0n) is 10.0. The average molecular weight is 211 g/mol. The first-order chi connectivity index (χ1) is 7.34. The Labute approximate surface area is 93.8 Å². The van der Waals surface area contributed by atoms with Gasteiger partial charge in [0, 0.05) is 38.8 Å². The summed E-state index contributed by atoms with van der Waals surface area (Å²) >= 11 is 0. The molecule has 1 atom stereocenters. The third kappa shape index (κ3) is 3.74. The molecule has 0 spiro atoms. The van der Waals surface area contributed by atoms with Gasteiger partial charge in [0.15, 0.2) is 0 Å². The van der Waals surface area contributed by atoms with Crippen LogP contribution in [0.4, 0.5) is 0 Å². The van der Waals surface area contributed by atoms with Crippen molar-refractivity contribution in [2.75, 3.05) is 45.8 Å². The molecule has 3 nitrogen and oxygen atoms in total. The molecule has 2 rings (SSSR count). The monoisotopic (exact) mass is 211 g/mol. The van der Waals surface area contributed by atoms with E-state index in [0.717, 1.165) is 0 Å². The first kappa shape index (κ1) is 11.4. The smallest absolute Gasteiger partial charge is 0.0167 e. The fourth-order valence-electron chi connectivity index (χ4n) is 2.68. The van der Waals surface area contributed by atoms with Gasteiger partial charge in [0.2, 0.25) is 0 Å². The number of piperazine rings is 1. The lowest BCUT2D eigenvalue weighted by Crippen LogP contribution is -2.51. The predicted molar refractivity (Wildman–Crippen MR) is 64.2 cm³/mol. The minimum Gasteiger partial charge on any atom is -0.312 e. The zero-order chi connectivity index (χ0) is 10.5. The molecular weight excluding hydrogens is 186 g/mol. The molecule has 2 heterocycles. The van der Waals surface area contributed by atoms with Crippen molar-refractivity contribution in [2.45, 2.75) is 32.2 Å². The summed E-state index contributed by atoms with van der Waals surface area (Å²) in [5.41, 5.74) is 0. The van der Waals surface area contributed by atoms with E-state index in [0.29, 0.717) is 6.04 Å². The number of likely N-dealkylation sites (tertiary alicyclic amines) is 1. The Morgan fingerprint density at radius 2 is 1.73 bits per heavy atom. The van der Waals surface area contributed by atoms with Crippen LogP contribution in [0.15, 0.2) is 0 Å². The first-order valence-corrected chi connectivity index (χ1v) is 6.53. The summed E-state index contributed by atoms with van der Waals surface area (Å²) < 4.78 is 0. The van der Waals surface area contributed by atoms with Gasteiger partial charge < -0.3 is 10.2 Å². The molecule has 1 unspecified atom stereocenters. The maximum Gasteiger partial charge on any atom is 0.0167 e. The fraction of sp³-hybridized carbons (Fsp3) is 1.00.